The van der Waals surface area contributed by atoms with Crippen molar-refractivity contribution in [2.75, 3.05) is 5.73 Å². The molecule has 25 heavy (non-hydrogen) atoms. The molecule has 2 N–H and O–H groups in total. The first-order valence-electron chi connectivity index (χ1n) is 8.13. The fourth-order valence-electron chi connectivity index (χ4n) is 3.23. The number of hydrogen-bond acceptors (Lipinski definition) is 5. The third kappa shape index (κ3) is 2.36. The average Bonchev–Trinajstić information content (AvgIpc) is 2.99. The summed E-state index contributed by atoms with van der Waals surface area (Å²) in [4.78, 5) is 21.1. The van der Waals surface area contributed by atoms with Gasteiger partial charge in [0.2, 0.25) is 0 Å². The number of anilines is 1. The molecule has 0 fully saturated rings. The molecule has 0 bridgehead atoms. The molecule has 0 radical (unpaired) electrons. The van der Waals surface area contributed by atoms with E-state index in [9.17, 15) is 4.79 Å². The number of rotatable bonds is 3. The Bertz CT molecular complexity index is 1160. The van der Waals surface area contributed by atoms with E-state index >= 15 is 0 Å². The zero-order valence-corrected chi connectivity index (χ0v) is 14.1. The lowest BCUT2D eigenvalue weighted by Gasteiger charge is -2.09. The molecular formula is C18H18N6O. The minimum absolute atomic E-state index is 0.0394. The molecule has 0 amide bonds. The maximum absolute atomic E-state index is 12.7. The number of fused-ring (bicyclic) bond motifs is 2. The topological polar surface area (TPSA) is 91.6 Å². The first-order valence-corrected chi connectivity index (χ1v) is 8.13. The summed E-state index contributed by atoms with van der Waals surface area (Å²) < 4.78 is 3.40. The van der Waals surface area contributed by atoms with Crippen LogP contribution in [0.5, 0.6) is 0 Å². The lowest BCUT2D eigenvalue weighted by atomic mass is 10.1. The molecule has 0 atom stereocenters. The maximum atomic E-state index is 12.7. The van der Waals surface area contributed by atoms with Crippen molar-refractivity contribution in [2.24, 2.45) is 7.05 Å². The van der Waals surface area contributed by atoms with Gasteiger partial charge in [0.15, 0.2) is 5.65 Å². The van der Waals surface area contributed by atoms with Gasteiger partial charge < -0.3 is 10.3 Å². The molecule has 4 rings (SSSR count). The van der Waals surface area contributed by atoms with Gasteiger partial charge in [0.05, 0.1) is 23.1 Å². The van der Waals surface area contributed by atoms with E-state index in [0.29, 0.717) is 23.6 Å². The number of para-hydroxylation sites is 1. The van der Waals surface area contributed by atoms with E-state index in [1.54, 1.807) is 16.3 Å². The fourth-order valence-corrected chi connectivity index (χ4v) is 3.23. The number of pyridine rings is 1. The van der Waals surface area contributed by atoms with E-state index in [2.05, 4.69) is 15.1 Å². The molecule has 7 heteroatoms. The summed E-state index contributed by atoms with van der Waals surface area (Å²) in [5, 5.41) is 6.38. The minimum atomic E-state index is -0.0394. The van der Waals surface area contributed by atoms with Gasteiger partial charge in [0, 0.05) is 12.6 Å². The molecule has 4 aromatic rings. The molecular weight excluding hydrogens is 316 g/mol. The van der Waals surface area contributed by atoms with E-state index in [0.717, 1.165) is 28.4 Å². The number of nitrogens with two attached hydrogens (primary N) is 1. The summed E-state index contributed by atoms with van der Waals surface area (Å²) in [7, 11) is 1.78. The number of nitrogen functional groups attached to an aromatic ring is 1. The number of nitrogens with zero attached hydrogens (tertiary/aromatic N) is 5. The number of hydrogen-bond donors (Lipinski definition) is 1. The number of aromatic nitrogens is 5. The van der Waals surface area contributed by atoms with E-state index < -0.39 is 0 Å². The van der Waals surface area contributed by atoms with Crippen LogP contribution in [0, 0.1) is 0 Å². The molecule has 0 spiro atoms. The Morgan fingerprint density at radius 3 is 2.80 bits per heavy atom. The van der Waals surface area contributed by atoms with E-state index in [1.807, 2.05) is 37.3 Å². The van der Waals surface area contributed by atoms with Crippen LogP contribution in [0.15, 0.2) is 41.5 Å². The lowest BCUT2D eigenvalue weighted by molar-refractivity contribution is 0.677. The van der Waals surface area contributed by atoms with E-state index in [4.69, 9.17) is 5.73 Å². The highest BCUT2D eigenvalue weighted by Crippen LogP contribution is 2.22. The van der Waals surface area contributed by atoms with Gasteiger partial charge in [0.1, 0.15) is 12.1 Å². The van der Waals surface area contributed by atoms with Crippen LogP contribution in [0.1, 0.15) is 18.2 Å². The molecule has 0 aliphatic carbocycles. The van der Waals surface area contributed by atoms with Crippen LogP contribution in [0.4, 0.5) is 5.82 Å². The molecule has 7 nitrogen and oxygen atoms in total. The first kappa shape index (κ1) is 15.3. The maximum Gasteiger partial charge on any atom is 0.255 e. The zero-order valence-electron chi connectivity index (χ0n) is 14.1. The van der Waals surface area contributed by atoms with Crippen LogP contribution in [-0.2, 0) is 20.0 Å². The Morgan fingerprint density at radius 2 is 2.00 bits per heavy atom. The number of aryl methyl sites for hydroxylation is 2. The van der Waals surface area contributed by atoms with Gasteiger partial charge in [-0.15, -0.1) is 0 Å². The van der Waals surface area contributed by atoms with Gasteiger partial charge in [-0.1, -0.05) is 25.1 Å². The Labute approximate surface area is 143 Å². The molecule has 1 aromatic carbocycles. The summed E-state index contributed by atoms with van der Waals surface area (Å²) in [6.45, 7) is 2.35. The SMILES string of the molecule is CCc1nn(Cc2cc3ccccc3n(C)c2=O)c2ncnc(N)c12. The van der Waals surface area contributed by atoms with Crippen molar-refractivity contribution in [3.63, 3.8) is 0 Å². The molecule has 0 saturated heterocycles. The Kier molecular flexibility index (Phi) is 3.49. The fraction of sp³-hybridized carbons (Fsp3) is 0.222. The van der Waals surface area contributed by atoms with Crippen molar-refractivity contribution >= 4 is 27.8 Å². The second-order valence-corrected chi connectivity index (χ2v) is 6.01. The standard InChI is InChI=1S/C18H18N6O/c1-3-13-15-16(19)20-10-21-17(15)24(22-13)9-12-8-11-6-4-5-7-14(11)23(2)18(12)25/h4-8,10H,3,9H2,1-2H3,(H2,19,20,21). The van der Waals surface area contributed by atoms with Crippen molar-refractivity contribution < 1.29 is 0 Å². The summed E-state index contributed by atoms with van der Waals surface area (Å²) in [6, 6.07) is 9.74. The molecule has 0 aliphatic rings. The minimum Gasteiger partial charge on any atom is -0.383 e. The third-order valence-electron chi connectivity index (χ3n) is 4.49. The molecule has 0 saturated carbocycles. The van der Waals surface area contributed by atoms with Crippen molar-refractivity contribution in [3.05, 3.63) is 58.3 Å². The third-order valence-corrected chi connectivity index (χ3v) is 4.49. The smallest absolute Gasteiger partial charge is 0.255 e. The van der Waals surface area contributed by atoms with Crippen LogP contribution in [0.25, 0.3) is 21.9 Å². The highest BCUT2D eigenvalue weighted by atomic mass is 16.1. The quantitative estimate of drug-likeness (QED) is 0.617. The summed E-state index contributed by atoms with van der Waals surface area (Å²) in [6.07, 6.45) is 2.14. The van der Waals surface area contributed by atoms with Crippen LogP contribution >= 0.6 is 0 Å². The van der Waals surface area contributed by atoms with Crippen LogP contribution < -0.4 is 11.3 Å². The van der Waals surface area contributed by atoms with Gasteiger partial charge in [-0.05, 0) is 23.9 Å². The zero-order chi connectivity index (χ0) is 17.6. The number of benzene rings is 1. The Morgan fingerprint density at radius 1 is 1.20 bits per heavy atom. The second kappa shape index (κ2) is 5.70. The monoisotopic (exact) mass is 334 g/mol. The molecule has 3 aromatic heterocycles. The van der Waals surface area contributed by atoms with E-state index in [-0.39, 0.29) is 5.56 Å². The van der Waals surface area contributed by atoms with Gasteiger partial charge in [0.25, 0.3) is 5.56 Å². The summed E-state index contributed by atoms with van der Waals surface area (Å²) >= 11 is 0. The Balaban J connectivity index is 1.90. The van der Waals surface area contributed by atoms with Crippen molar-refractivity contribution in [3.8, 4) is 0 Å². The van der Waals surface area contributed by atoms with Gasteiger partial charge >= 0.3 is 0 Å². The van der Waals surface area contributed by atoms with Gasteiger partial charge in [-0.25, -0.2) is 14.6 Å². The normalized spacial score (nSPS) is 11.4. The highest BCUT2D eigenvalue weighted by Gasteiger charge is 2.16. The lowest BCUT2D eigenvalue weighted by Crippen LogP contribution is -2.23. The van der Waals surface area contributed by atoms with Crippen LogP contribution in [0.3, 0.4) is 0 Å². The van der Waals surface area contributed by atoms with Crippen molar-refractivity contribution in [1.82, 2.24) is 24.3 Å². The average molecular weight is 334 g/mol. The van der Waals surface area contributed by atoms with E-state index in [1.165, 1.54) is 6.33 Å². The summed E-state index contributed by atoms with van der Waals surface area (Å²) in [5.41, 5.74) is 9.01. The molecule has 0 aliphatic heterocycles. The molecule has 126 valence electrons. The van der Waals surface area contributed by atoms with Crippen molar-refractivity contribution in [1.29, 1.82) is 0 Å². The summed E-state index contributed by atoms with van der Waals surface area (Å²) in [5.74, 6) is 0.416. The van der Waals surface area contributed by atoms with Gasteiger partial charge in [-0.3, -0.25) is 4.79 Å². The first-order chi connectivity index (χ1) is 12.1. The second-order valence-electron chi connectivity index (χ2n) is 6.01. The predicted molar refractivity (Wildman–Crippen MR) is 97.4 cm³/mol. The van der Waals surface area contributed by atoms with Crippen LogP contribution in [-0.4, -0.2) is 24.3 Å². The van der Waals surface area contributed by atoms with Crippen molar-refractivity contribution in [2.45, 2.75) is 19.9 Å². The molecule has 0 unspecified atom stereocenters. The Hall–Kier alpha value is -3.22. The van der Waals surface area contributed by atoms with Crippen LogP contribution in [0.2, 0.25) is 0 Å². The predicted octanol–water partition coefficient (Wildman–Crippen LogP) is 1.87. The highest BCUT2D eigenvalue weighted by molar-refractivity contribution is 5.88. The van der Waals surface area contributed by atoms with Gasteiger partial charge in [-0.2, -0.15) is 5.10 Å². The molecule has 3 heterocycles. The largest absolute Gasteiger partial charge is 0.383 e.